The summed E-state index contributed by atoms with van der Waals surface area (Å²) < 4.78 is 58.3. The number of ether oxygens (including phenoxy) is 1. The second-order valence-corrected chi connectivity index (χ2v) is 10.5. The minimum atomic E-state index is -3.11. The Morgan fingerprint density at radius 1 is 1.21 bits per heavy atom. The molecular formula is C19H27F2N3O3S. The van der Waals surface area contributed by atoms with Gasteiger partial charge in [-0.2, -0.15) is 0 Å². The number of sulfonamides is 1. The number of hydrogen-bond acceptors (Lipinski definition) is 5. The van der Waals surface area contributed by atoms with Gasteiger partial charge < -0.3 is 10.5 Å². The summed E-state index contributed by atoms with van der Waals surface area (Å²) in [5.74, 6) is -1.000. The van der Waals surface area contributed by atoms with E-state index in [1.807, 2.05) is 0 Å². The quantitative estimate of drug-likeness (QED) is 0.809. The Morgan fingerprint density at radius 2 is 1.89 bits per heavy atom. The molecule has 0 bridgehead atoms. The maximum Gasteiger partial charge on any atom is 0.211 e. The lowest BCUT2D eigenvalue weighted by Crippen LogP contribution is -2.65. The molecule has 1 aromatic rings. The molecule has 1 aromatic carbocycles. The Bertz CT molecular complexity index is 835. The molecule has 2 N–H and O–H groups in total. The summed E-state index contributed by atoms with van der Waals surface area (Å²) in [4.78, 5) is 2.33. The van der Waals surface area contributed by atoms with Gasteiger partial charge in [0.05, 0.1) is 12.9 Å². The van der Waals surface area contributed by atoms with E-state index in [9.17, 15) is 17.2 Å². The Labute approximate surface area is 164 Å². The van der Waals surface area contributed by atoms with Crippen molar-refractivity contribution in [2.45, 2.75) is 37.5 Å². The van der Waals surface area contributed by atoms with Crippen LogP contribution in [0.15, 0.2) is 18.2 Å². The maximum absolute atomic E-state index is 14.1. The molecule has 3 heterocycles. The number of rotatable bonds is 3. The molecule has 0 aliphatic carbocycles. The van der Waals surface area contributed by atoms with Gasteiger partial charge in [0.1, 0.15) is 17.7 Å². The first kappa shape index (κ1) is 20.2. The van der Waals surface area contributed by atoms with E-state index in [0.29, 0.717) is 26.1 Å². The normalized spacial score (nSPS) is 31.6. The lowest BCUT2D eigenvalue weighted by atomic mass is 9.71. The van der Waals surface area contributed by atoms with Crippen LogP contribution in [0.1, 0.15) is 30.9 Å². The highest BCUT2D eigenvalue weighted by atomic mass is 32.2. The van der Waals surface area contributed by atoms with Crippen LogP contribution in [0, 0.1) is 17.0 Å². The van der Waals surface area contributed by atoms with Gasteiger partial charge in [-0.3, -0.25) is 4.90 Å². The first-order chi connectivity index (χ1) is 13.2. The molecule has 0 saturated carbocycles. The fourth-order valence-corrected chi connectivity index (χ4v) is 5.68. The van der Waals surface area contributed by atoms with Gasteiger partial charge in [0.15, 0.2) is 0 Å². The van der Waals surface area contributed by atoms with E-state index >= 15 is 0 Å². The van der Waals surface area contributed by atoms with Crippen molar-refractivity contribution in [3.05, 3.63) is 35.4 Å². The molecule has 156 valence electrons. The first-order valence-corrected chi connectivity index (χ1v) is 11.5. The molecule has 0 unspecified atom stereocenters. The highest BCUT2D eigenvalue weighted by Gasteiger charge is 2.49. The second-order valence-electron chi connectivity index (χ2n) is 8.54. The number of likely N-dealkylation sites (tertiary alicyclic amines) is 1. The third kappa shape index (κ3) is 3.82. The molecule has 9 heteroatoms. The Balaban J connectivity index is 1.32. The summed E-state index contributed by atoms with van der Waals surface area (Å²) in [6.07, 6.45) is 3.02. The minimum Gasteiger partial charge on any atom is -0.370 e. The van der Waals surface area contributed by atoms with Crippen molar-refractivity contribution < 1.29 is 21.9 Å². The summed E-state index contributed by atoms with van der Waals surface area (Å²) >= 11 is 0. The van der Waals surface area contributed by atoms with Crippen LogP contribution in [0.4, 0.5) is 8.78 Å². The number of halogens is 2. The molecule has 3 aliphatic rings. The minimum absolute atomic E-state index is 0.154. The third-order valence-corrected chi connectivity index (χ3v) is 7.81. The number of nitrogens with zero attached hydrogens (tertiary/aromatic N) is 2. The summed E-state index contributed by atoms with van der Waals surface area (Å²) in [6.45, 7) is 3.40. The zero-order chi connectivity index (χ0) is 20.1. The molecule has 3 fully saturated rings. The van der Waals surface area contributed by atoms with Crippen molar-refractivity contribution in [1.82, 2.24) is 9.21 Å². The molecule has 6 nitrogen and oxygen atoms in total. The number of piperidine rings is 1. The molecule has 4 rings (SSSR count). The number of nitrogens with two attached hydrogens (primary N) is 1. The van der Waals surface area contributed by atoms with Gasteiger partial charge in [0.25, 0.3) is 0 Å². The van der Waals surface area contributed by atoms with Crippen LogP contribution in [-0.2, 0) is 14.8 Å². The van der Waals surface area contributed by atoms with Gasteiger partial charge in [-0.05, 0) is 42.9 Å². The highest BCUT2D eigenvalue weighted by Crippen LogP contribution is 2.43. The molecule has 0 amide bonds. The van der Waals surface area contributed by atoms with E-state index in [0.717, 1.165) is 44.1 Å². The highest BCUT2D eigenvalue weighted by molar-refractivity contribution is 7.88. The zero-order valence-corrected chi connectivity index (χ0v) is 16.8. The number of hydrogen-bond donors (Lipinski definition) is 1. The van der Waals surface area contributed by atoms with E-state index in [-0.39, 0.29) is 17.0 Å². The molecule has 3 atom stereocenters. The number of benzene rings is 1. The van der Waals surface area contributed by atoms with Crippen LogP contribution in [0.3, 0.4) is 0 Å². The molecule has 28 heavy (non-hydrogen) atoms. The van der Waals surface area contributed by atoms with Crippen molar-refractivity contribution in [3.8, 4) is 0 Å². The average Bonchev–Trinajstić information content (AvgIpc) is 2.61. The van der Waals surface area contributed by atoms with E-state index in [1.165, 1.54) is 6.26 Å². The summed E-state index contributed by atoms with van der Waals surface area (Å²) in [6, 6.07) is 3.11. The van der Waals surface area contributed by atoms with Gasteiger partial charge in [-0.25, -0.2) is 21.5 Å². The SMILES string of the molecule is CS(=O)(=O)N1CCC2(CC1)CN([C@H]1CO[C@H](c3cc(F)ccc3F)[C@@H](N)C1)C2. The predicted octanol–water partition coefficient (Wildman–Crippen LogP) is 1.48. The van der Waals surface area contributed by atoms with Crippen LogP contribution in [0.25, 0.3) is 0 Å². The molecule has 0 aromatic heterocycles. The fraction of sp³-hybridized carbons (Fsp3) is 0.684. The third-order valence-electron chi connectivity index (χ3n) is 6.51. The standard InChI is InChI=1S/C19H27F2N3O3S/c1-28(25,26)24-6-4-19(5-7-24)11-23(12-19)14-9-17(22)18(27-10-14)15-8-13(20)2-3-16(15)21/h2-3,8,14,17-18H,4-7,9-12,22H2,1H3/t14-,17+,18-/m1/s1. The largest absolute Gasteiger partial charge is 0.370 e. The summed E-state index contributed by atoms with van der Waals surface area (Å²) in [5.41, 5.74) is 6.62. The fourth-order valence-electron chi connectivity index (χ4n) is 4.83. The molecule has 3 aliphatic heterocycles. The van der Waals surface area contributed by atoms with Crippen LogP contribution in [-0.4, -0.2) is 68.7 Å². The van der Waals surface area contributed by atoms with Gasteiger partial charge in [-0.15, -0.1) is 0 Å². The second kappa shape index (κ2) is 7.28. The van der Waals surface area contributed by atoms with E-state index in [4.69, 9.17) is 10.5 Å². The van der Waals surface area contributed by atoms with Crippen molar-refractivity contribution in [2.24, 2.45) is 11.1 Å². The first-order valence-electron chi connectivity index (χ1n) is 9.68. The van der Waals surface area contributed by atoms with Gasteiger partial charge in [0.2, 0.25) is 10.0 Å². The Morgan fingerprint density at radius 3 is 2.50 bits per heavy atom. The molecular weight excluding hydrogens is 388 g/mol. The zero-order valence-electron chi connectivity index (χ0n) is 16.0. The van der Waals surface area contributed by atoms with Crippen molar-refractivity contribution in [1.29, 1.82) is 0 Å². The lowest BCUT2D eigenvalue weighted by molar-refractivity contribution is -0.116. The van der Waals surface area contributed by atoms with Crippen molar-refractivity contribution >= 4 is 10.0 Å². The van der Waals surface area contributed by atoms with Crippen molar-refractivity contribution in [2.75, 3.05) is 39.0 Å². The molecule has 0 radical (unpaired) electrons. The topological polar surface area (TPSA) is 75.9 Å². The van der Waals surface area contributed by atoms with E-state index < -0.39 is 33.8 Å². The van der Waals surface area contributed by atoms with Gasteiger partial charge >= 0.3 is 0 Å². The van der Waals surface area contributed by atoms with Crippen molar-refractivity contribution in [3.63, 3.8) is 0 Å². The molecule has 1 spiro atoms. The van der Waals surface area contributed by atoms with Crippen LogP contribution in [0.5, 0.6) is 0 Å². The Hall–Kier alpha value is -1.13. The molecule has 3 saturated heterocycles. The monoisotopic (exact) mass is 415 g/mol. The summed E-state index contributed by atoms with van der Waals surface area (Å²) in [7, 11) is -3.11. The van der Waals surface area contributed by atoms with E-state index in [2.05, 4.69) is 4.90 Å². The van der Waals surface area contributed by atoms with Crippen LogP contribution in [0.2, 0.25) is 0 Å². The Kier molecular flexibility index (Phi) is 5.24. The predicted molar refractivity (Wildman–Crippen MR) is 101 cm³/mol. The van der Waals surface area contributed by atoms with E-state index in [1.54, 1.807) is 4.31 Å². The van der Waals surface area contributed by atoms with Crippen LogP contribution < -0.4 is 5.73 Å². The summed E-state index contributed by atoms with van der Waals surface area (Å²) in [5, 5.41) is 0. The average molecular weight is 416 g/mol. The maximum atomic E-state index is 14.1. The van der Waals surface area contributed by atoms with Crippen LogP contribution >= 0.6 is 0 Å². The van der Waals surface area contributed by atoms with Gasteiger partial charge in [0, 0.05) is 43.8 Å². The van der Waals surface area contributed by atoms with Gasteiger partial charge in [-0.1, -0.05) is 0 Å². The smallest absolute Gasteiger partial charge is 0.211 e. The lowest BCUT2D eigenvalue weighted by Gasteiger charge is -2.57.